The van der Waals surface area contributed by atoms with Crippen LogP contribution in [0.3, 0.4) is 0 Å². The molecule has 1 atom stereocenters. The normalized spacial score (nSPS) is 24.4. The number of carbonyl (C=O) groups excluding carboxylic acids is 3. The molecule has 8 heteroatoms. The molecule has 0 bridgehead atoms. The molecule has 7 nitrogen and oxygen atoms in total. The summed E-state index contributed by atoms with van der Waals surface area (Å²) in [6.07, 6.45) is 3.67. The van der Waals surface area contributed by atoms with Crippen molar-refractivity contribution < 1.29 is 18.8 Å². The van der Waals surface area contributed by atoms with E-state index < -0.39 is 11.4 Å². The molecule has 0 saturated carbocycles. The summed E-state index contributed by atoms with van der Waals surface area (Å²) < 4.78 is 13.5. The average Bonchev–Trinajstić information content (AvgIpc) is 2.99. The monoisotopic (exact) mass is 416 g/mol. The number of hydrogen-bond donors (Lipinski definition) is 1. The van der Waals surface area contributed by atoms with Gasteiger partial charge in [0.2, 0.25) is 0 Å². The SMILES string of the molecule is CCCN1CCC2(CC1)NC(=O)N([C@@H]1CCCN(C(=O)c3cccc(F)c3)C1)C2=O. The van der Waals surface area contributed by atoms with Gasteiger partial charge >= 0.3 is 6.03 Å². The predicted molar refractivity (Wildman–Crippen MR) is 109 cm³/mol. The van der Waals surface area contributed by atoms with E-state index in [0.717, 1.165) is 26.1 Å². The van der Waals surface area contributed by atoms with Gasteiger partial charge in [-0.25, -0.2) is 9.18 Å². The Balaban J connectivity index is 1.45. The molecule has 3 heterocycles. The maximum atomic E-state index is 13.5. The molecule has 162 valence electrons. The molecule has 1 aromatic carbocycles. The highest BCUT2D eigenvalue weighted by atomic mass is 19.1. The van der Waals surface area contributed by atoms with Crippen LogP contribution in [0.1, 0.15) is 49.4 Å². The van der Waals surface area contributed by atoms with E-state index in [4.69, 9.17) is 0 Å². The third-order valence-electron chi connectivity index (χ3n) is 6.56. The van der Waals surface area contributed by atoms with Crippen molar-refractivity contribution in [3.05, 3.63) is 35.6 Å². The second kappa shape index (κ2) is 8.34. The Morgan fingerprint density at radius 2 is 2.00 bits per heavy atom. The fourth-order valence-corrected chi connectivity index (χ4v) is 4.94. The minimum Gasteiger partial charge on any atom is -0.337 e. The van der Waals surface area contributed by atoms with Gasteiger partial charge in [0.25, 0.3) is 11.8 Å². The predicted octanol–water partition coefficient (Wildman–Crippen LogP) is 2.23. The highest BCUT2D eigenvalue weighted by molar-refractivity contribution is 6.07. The quantitative estimate of drug-likeness (QED) is 0.764. The maximum Gasteiger partial charge on any atom is 0.325 e. The molecule has 1 spiro atoms. The van der Waals surface area contributed by atoms with E-state index in [-0.39, 0.29) is 36.0 Å². The standard InChI is InChI=1S/C22H29FN4O3/c1-2-10-25-12-8-22(9-13-25)20(29)27(21(30)24-22)18-7-4-11-26(15-18)19(28)16-5-3-6-17(23)14-16/h3,5-6,14,18H,2,4,7-13,15H2,1H3,(H,24,30)/t18-/m1/s1. The van der Waals surface area contributed by atoms with Crippen molar-refractivity contribution in [2.75, 3.05) is 32.7 Å². The largest absolute Gasteiger partial charge is 0.337 e. The molecule has 3 saturated heterocycles. The van der Waals surface area contributed by atoms with Crippen LogP contribution in [0.2, 0.25) is 0 Å². The first-order valence-electron chi connectivity index (χ1n) is 10.9. The van der Waals surface area contributed by atoms with Gasteiger partial charge in [-0.2, -0.15) is 0 Å². The van der Waals surface area contributed by atoms with Crippen LogP contribution in [0, 0.1) is 5.82 Å². The van der Waals surface area contributed by atoms with E-state index >= 15 is 0 Å². The molecule has 3 fully saturated rings. The number of likely N-dealkylation sites (tertiary alicyclic amines) is 2. The number of urea groups is 1. The van der Waals surface area contributed by atoms with E-state index in [9.17, 15) is 18.8 Å². The summed E-state index contributed by atoms with van der Waals surface area (Å²) in [5.41, 5.74) is -0.525. The number of halogens is 1. The number of nitrogens with zero attached hydrogens (tertiary/aromatic N) is 3. The molecular weight excluding hydrogens is 387 g/mol. The van der Waals surface area contributed by atoms with E-state index in [2.05, 4.69) is 17.1 Å². The summed E-state index contributed by atoms with van der Waals surface area (Å²) in [5, 5.41) is 2.97. The zero-order valence-electron chi connectivity index (χ0n) is 17.4. The Kier molecular flexibility index (Phi) is 5.77. The number of amides is 4. The first kappa shape index (κ1) is 20.8. The van der Waals surface area contributed by atoms with Crippen molar-refractivity contribution in [1.82, 2.24) is 20.0 Å². The lowest BCUT2D eigenvalue weighted by Crippen LogP contribution is -2.56. The van der Waals surface area contributed by atoms with Crippen LogP contribution in [-0.4, -0.2) is 76.8 Å². The smallest absolute Gasteiger partial charge is 0.325 e. The summed E-state index contributed by atoms with van der Waals surface area (Å²) in [4.78, 5) is 44.2. The second-order valence-electron chi connectivity index (χ2n) is 8.59. The lowest BCUT2D eigenvalue weighted by atomic mass is 9.87. The fourth-order valence-electron chi connectivity index (χ4n) is 4.94. The number of nitrogens with one attached hydrogen (secondary N) is 1. The number of benzene rings is 1. The van der Waals surface area contributed by atoms with Crippen molar-refractivity contribution in [2.45, 2.75) is 50.6 Å². The van der Waals surface area contributed by atoms with Gasteiger partial charge in [0, 0.05) is 31.7 Å². The molecule has 1 N–H and O–H groups in total. The van der Waals surface area contributed by atoms with Crippen molar-refractivity contribution in [3.63, 3.8) is 0 Å². The van der Waals surface area contributed by atoms with E-state index in [1.54, 1.807) is 11.0 Å². The molecule has 0 radical (unpaired) electrons. The Hall–Kier alpha value is -2.48. The molecule has 0 aliphatic carbocycles. The van der Waals surface area contributed by atoms with E-state index in [1.807, 2.05) is 0 Å². The third-order valence-corrected chi connectivity index (χ3v) is 6.56. The van der Waals surface area contributed by atoms with Crippen LogP contribution < -0.4 is 5.32 Å². The van der Waals surface area contributed by atoms with Crippen LogP contribution in [0.15, 0.2) is 24.3 Å². The Bertz CT molecular complexity index is 837. The zero-order valence-corrected chi connectivity index (χ0v) is 17.4. The van der Waals surface area contributed by atoms with Crippen LogP contribution in [0.5, 0.6) is 0 Å². The lowest BCUT2D eigenvalue weighted by molar-refractivity contribution is -0.135. The topological polar surface area (TPSA) is 73.0 Å². The molecule has 4 rings (SSSR count). The number of piperidine rings is 2. The van der Waals surface area contributed by atoms with Crippen LogP contribution in [0.4, 0.5) is 9.18 Å². The Labute approximate surface area is 176 Å². The molecule has 4 amide bonds. The molecule has 30 heavy (non-hydrogen) atoms. The summed E-state index contributed by atoms with van der Waals surface area (Å²) in [5.74, 6) is -0.887. The van der Waals surface area contributed by atoms with Crippen molar-refractivity contribution in [1.29, 1.82) is 0 Å². The van der Waals surface area contributed by atoms with Gasteiger partial charge in [-0.15, -0.1) is 0 Å². The van der Waals surface area contributed by atoms with E-state index in [0.29, 0.717) is 32.2 Å². The van der Waals surface area contributed by atoms with Crippen LogP contribution >= 0.6 is 0 Å². The van der Waals surface area contributed by atoms with Gasteiger partial charge in [0.1, 0.15) is 11.4 Å². The van der Waals surface area contributed by atoms with Gasteiger partial charge in [0.05, 0.1) is 6.04 Å². The summed E-state index contributed by atoms with van der Waals surface area (Å²) >= 11 is 0. The Morgan fingerprint density at radius 1 is 1.23 bits per heavy atom. The number of imide groups is 1. The van der Waals surface area contributed by atoms with Crippen molar-refractivity contribution in [3.8, 4) is 0 Å². The summed E-state index contributed by atoms with van der Waals surface area (Å²) in [6.45, 7) is 5.54. The number of carbonyl (C=O) groups is 3. The number of rotatable bonds is 4. The number of hydrogen-bond acceptors (Lipinski definition) is 4. The highest BCUT2D eigenvalue weighted by Gasteiger charge is 2.54. The molecular formula is C22H29FN4O3. The second-order valence-corrected chi connectivity index (χ2v) is 8.59. The van der Waals surface area contributed by atoms with Crippen LogP contribution in [-0.2, 0) is 4.79 Å². The minimum atomic E-state index is -0.809. The average molecular weight is 416 g/mol. The minimum absolute atomic E-state index is 0.159. The molecule has 0 unspecified atom stereocenters. The third kappa shape index (κ3) is 3.80. The summed E-state index contributed by atoms with van der Waals surface area (Å²) in [7, 11) is 0. The fraction of sp³-hybridized carbons (Fsp3) is 0.591. The maximum absolute atomic E-state index is 13.5. The first-order valence-corrected chi connectivity index (χ1v) is 10.9. The molecule has 1 aromatic rings. The highest BCUT2D eigenvalue weighted by Crippen LogP contribution is 2.32. The Morgan fingerprint density at radius 3 is 2.70 bits per heavy atom. The van der Waals surface area contributed by atoms with Crippen LogP contribution in [0.25, 0.3) is 0 Å². The van der Waals surface area contributed by atoms with Crippen molar-refractivity contribution >= 4 is 17.8 Å². The van der Waals surface area contributed by atoms with Gasteiger partial charge in [0.15, 0.2) is 0 Å². The van der Waals surface area contributed by atoms with E-state index in [1.165, 1.54) is 23.1 Å². The lowest BCUT2D eigenvalue weighted by Gasteiger charge is -2.39. The van der Waals surface area contributed by atoms with Gasteiger partial charge in [-0.1, -0.05) is 13.0 Å². The first-order chi connectivity index (χ1) is 14.4. The molecule has 0 aromatic heterocycles. The van der Waals surface area contributed by atoms with Gasteiger partial charge in [-0.3, -0.25) is 14.5 Å². The molecule has 3 aliphatic rings. The van der Waals surface area contributed by atoms with Gasteiger partial charge < -0.3 is 15.1 Å². The molecule has 3 aliphatic heterocycles. The van der Waals surface area contributed by atoms with Gasteiger partial charge in [-0.05, 0) is 56.8 Å². The van der Waals surface area contributed by atoms with Crippen molar-refractivity contribution in [2.24, 2.45) is 0 Å². The zero-order chi connectivity index (χ0) is 21.3. The summed E-state index contributed by atoms with van der Waals surface area (Å²) in [6, 6.07) is 4.91.